The number of benzene rings is 1. The Bertz CT molecular complexity index is 625. The number of imide groups is 1. The Balaban J connectivity index is 1.95. The quantitative estimate of drug-likeness (QED) is 0.805. The van der Waals surface area contributed by atoms with E-state index < -0.39 is 5.54 Å². The highest BCUT2D eigenvalue weighted by Crippen LogP contribution is 2.35. The van der Waals surface area contributed by atoms with Crippen LogP contribution in [0.2, 0.25) is 0 Å². The summed E-state index contributed by atoms with van der Waals surface area (Å²) >= 11 is 0. The van der Waals surface area contributed by atoms with Gasteiger partial charge in [0.1, 0.15) is 5.54 Å². The van der Waals surface area contributed by atoms with Crippen LogP contribution < -0.4 is 10.2 Å². The van der Waals surface area contributed by atoms with Gasteiger partial charge < -0.3 is 5.32 Å². The number of carbonyl (C=O) groups is 2. The first-order valence-corrected chi connectivity index (χ1v) is 7.33. The molecule has 108 valence electrons. The van der Waals surface area contributed by atoms with Crippen LogP contribution in [0.3, 0.4) is 0 Å². The first kappa shape index (κ1) is 13.6. The van der Waals surface area contributed by atoms with E-state index in [1.54, 1.807) is 24.3 Å². The molecule has 1 saturated carbocycles. The number of anilines is 1. The third-order valence-corrected chi connectivity index (χ3v) is 4.35. The lowest BCUT2D eigenvalue weighted by atomic mass is 9.90. The molecule has 1 heterocycles. The molecule has 5 heteroatoms. The molecule has 1 aromatic rings. The van der Waals surface area contributed by atoms with Crippen molar-refractivity contribution in [1.82, 2.24) is 5.32 Å². The maximum absolute atomic E-state index is 12.8. The van der Waals surface area contributed by atoms with Gasteiger partial charge in [0, 0.05) is 0 Å². The molecule has 1 spiro atoms. The SMILES string of the molecule is N#Cc1cccc(N2C(=O)NC3(CCCCCC3)C2=O)c1. The molecule has 0 aromatic heterocycles. The van der Waals surface area contributed by atoms with Gasteiger partial charge in [0.15, 0.2) is 0 Å². The Morgan fingerprint density at radius 1 is 1.14 bits per heavy atom. The maximum Gasteiger partial charge on any atom is 0.329 e. The molecular formula is C16H17N3O2. The predicted octanol–water partition coefficient (Wildman–Crippen LogP) is 2.71. The normalized spacial score (nSPS) is 21.0. The second-order valence-corrected chi connectivity index (χ2v) is 5.73. The minimum Gasteiger partial charge on any atom is -0.323 e. The van der Waals surface area contributed by atoms with Gasteiger partial charge in [0.25, 0.3) is 5.91 Å². The number of nitriles is 1. The number of nitrogens with one attached hydrogen (secondary N) is 1. The van der Waals surface area contributed by atoms with E-state index in [0.29, 0.717) is 24.1 Å². The Hall–Kier alpha value is -2.35. The average Bonchev–Trinajstić information content (AvgIpc) is 2.66. The summed E-state index contributed by atoms with van der Waals surface area (Å²) in [6.45, 7) is 0. The summed E-state index contributed by atoms with van der Waals surface area (Å²) in [6.07, 6.45) is 5.53. The summed E-state index contributed by atoms with van der Waals surface area (Å²) in [4.78, 5) is 26.3. The Morgan fingerprint density at radius 2 is 1.86 bits per heavy atom. The van der Waals surface area contributed by atoms with Gasteiger partial charge in [-0.05, 0) is 31.0 Å². The number of urea groups is 1. The molecule has 3 rings (SSSR count). The molecule has 1 aliphatic heterocycles. The van der Waals surface area contributed by atoms with Crippen LogP contribution in [-0.4, -0.2) is 17.5 Å². The van der Waals surface area contributed by atoms with Crippen molar-refractivity contribution < 1.29 is 9.59 Å². The van der Waals surface area contributed by atoms with E-state index in [0.717, 1.165) is 25.7 Å². The van der Waals surface area contributed by atoms with Crippen LogP contribution in [0.15, 0.2) is 24.3 Å². The number of nitrogens with zero attached hydrogens (tertiary/aromatic N) is 2. The first-order chi connectivity index (χ1) is 10.2. The number of hydrogen-bond donors (Lipinski definition) is 1. The first-order valence-electron chi connectivity index (χ1n) is 7.33. The standard InChI is InChI=1S/C16H17N3O2/c17-11-12-6-5-7-13(10-12)19-14(20)16(18-15(19)21)8-3-1-2-4-9-16/h5-7,10H,1-4,8-9H2,(H,18,21). The van der Waals surface area contributed by atoms with Gasteiger partial charge in [-0.15, -0.1) is 0 Å². The van der Waals surface area contributed by atoms with Crippen LogP contribution in [0.25, 0.3) is 0 Å². The van der Waals surface area contributed by atoms with Crippen LogP contribution in [0.5, 0.6) is 0 Å². The van der Waals surface area contributed by atoms with Crippen molar-refractivity contribution in [2.45, 2.75) is 44.1 Å². The predicted molar refractivity (Wildman–Crippen MR) is 77.6 cm³/mol. The van der Waals surface area contributed by atoms with Crippen molar-refractivity contribution in [2.75, 3.05) is 4.90 Å². The van der Waals surface area contributed by atoms with Crippen LogP contribution in [0, 0.1) is 11.3 Å². The second-order valence-electron chi connectivity index (χ2n) is 5.73. The number of carbonyl (C=O) groups excluding carboxylic acids is 2. The maximum atomic E-state index is 12.8. The van der Waals surface area contributed by atoms with Gasteiger partial charge >= 0.3 is 6.03 Å². The molecule has 0 radical (unpaired) electrons. The minimum absolute atomic E-state index is 0.176. The molecule has 1 aliphatic carbocycles. The van der Waals surface area contributed by atoms with E-state index in [1.807, 2.05) is 6.07 Å². The fourth-order valence-corrected chi connectivity index (χ4v) is 3.24. The van der Waals surface area contributed by atoms with E-state index >= 15 is 0 Å². The fraction of sp³-hybridized carbons (Fsp3) is 0.438. The summed E-state index contributed by atoms with van der Waals surface area (Å²) in [5.74, 6) is -0.176. The lowest BCUT2D eigenvalue weighted by Gasteiger charge is -2.24. The lowest BCUT2D eigenvalue weighted by molar-refractivity contribution is -0.122. The Morgan fingerprint density at radius 3 is 2.52 bits per heavy atom. The van der Waals surface area contributed by atoms with Gasteiger partial charge in [0.05, 0.1) is 17.3 Å². The van der Waals surface area contributed by atoms with E-state index in [9.17, 15) is 9.59 Å². The smallest absolute Gasteiger partial charge is 0.323 e. The lowest BCUT2D eigenvalue weighted by Crippen LogP contribution is -2.46. The summed E-state index contributed by atoms with van der Waals surface area (Å²) < 4.78 is 0. The van der Waals surface area contributed by atoms with E-state index in [1.165, 1.54) is 4.90 Å². The fourth-order valence-electron chi connectivity index (χ4n) is 3.24. The van der Waals surface area contributed by atoms with E-state index in [2.05, 4.69) is 5.32 Å². The van der Waals surface area contributed by atoms with Crippen molar-refractivity contribution in [3.05, 3.63) is 29.8 Å². The van der Waals surface area contributed by atoms with Gasteiger partial charge in [-0.2, -0.15) is 5.26 Å². The Labute approximate surface area is 123 Å². The molecule has 1 N–H and O–H groups in total. The van der Waals surface area contributed by atoms with Gasteiger partial charge in [-0.3, -0.25) is 4.79 Å². The highest BCUT2D eigenvalue weighted by molar-refractivity contribution is 6.23. The van der Waals surface area contributed by atoms with Gasteiger partial charge in [-0.25, -0.2) is 9.69 Å². The molecule has 1 aromatic carbocycles. The molecule has 0 bridgehead atoms. The Kier molecular flexibility index (Phi) is 3.38. The third-order valence-electron chi connectivity index (χ3n) is 4.35. The highest BCUT2D eigenvalue weighted by Gasteiger charge is 2.51. The molecule has 5 nitrogen and oxygen atoms in total. The van der Waals surface area contributed by atoms with Crippen molar-refractivity contribution in [2.24, 2.45) is 0 Å². The van der Waals surface area contributed by atoms with Crippen molar-refractivity contribution in [1.29, 1.82) is 5.26 Å². The molecule has 0 unspecified atom stereocenters. The molecular weight excluding hydrogens is 266 g/mol. The topological polar surface area (TPSA) is 73.2 Å². The molecule has 0 atom stereocenters. The average molecular weight is 283 g/mol. The van der Waals surface area contributed by atoms with E-state index in [4.69, 9.17) is 5.26 Å². The van der Waals surface area contributed by atoms with Crippen molar-refractivity contribution in [3.8, 4) is 6.07 Å². The van der Waals surface area contributed by atoms with Gasteiger partial charge in [-0.1, -0.05) is 31.7 Å². The second kappa shape index (κ2) is 5.21. The largest absolute Gasteiger partial charge is 0.329 e. The van der Waals surface area contributed by atoms with Crippen molar-refractivity contribution in [3.63, 3.8) is 0 Å². The molecule has 2 fully saturated rings. The monoisotopic (exact) mass is 283 g/mol. The van der Waals surface area contributed by atoms with Crippen molar-refractivity contribution >= 4 is 17.6 Å². The van der Waals surface area contributed by atoms with Crippen LogP contribution in [0.4, 0.5) is 10.5 Å². The number of amides is 3. The van der Waals surface area contributed by atoms with Crippen LogP contribution in [0.1, 0.15) is 44.1 Å². The number of rotatable bonds is 1. The minimum atomic E-state index is -0.740. The van der Waals surface area contributed by atoms with Gasteiger partial charge in [0.2, 0.25) is 0 Å². The molecule has 1 saturated heterocycles. The zero-order chi connectivity index (χ0) is 14.9. The van der Waals surface area contributed by atoms with E-state index in [-0.39, 0.29) is 11.9 Å². The number of hydrogen-bond acceptors (Lipinski definition) is 3. The molecule has 21 heavy (non-hydrogen) atoms. The van der Waals surface area contributed by atoms with Crippen LogP contribution >= 0.6 is 0 Å². The summed E-state index contributed by atoms with van der Waals surface area (Å²) in [7, 11) is 0. The summed E-state index contributed by atoms with van der Waals surface area (Å²) in [5.41, 5.74) is 0.170. The molecule has 2 aliphatic rings. The zero-order valence-corrected chi connectivity index (χ0v) is 11.8. The third kappa shape index (κ3) is 2.27. The molecule has 3 amide bonds. The zero-order valence-electron chi connectivity index (χ0n) is 11.8. The highest BCUT2D eigenvalue weighted by atomic mass is 16.2. The summed E-state index contributed by atoms with van der Waals surface area (Å²) in [5, 5.41) is 11.9. The summed E-state index contributed by atoms with van der Waals surface area (Å²) in [6, 6.07) is 8.26. The van der Waals surface area contributed by atoms with Crippen LogP contribution in [-0.2, 0) is 4.79 Å².